The molecule has 0 spiro atoms. The van der Waals surface area contributed by atoms with E-state index in [9.17, 15) is 0 Å². The molecular weight excluding hydrogens is 809 g/mol. The van der Waals surface area contributed by atoms with Gasteiger partial charge in [0.05, 0.1) is 7.11 Å². The van der Waals surface area contributed by atoms with Crippen molar-refractivity contribution < 1.29 is 9.47 Å². The van der Waals surface area contributed by atoms with Gasteiger partial charge >= 0.3 is 0 Å². The molecule has 0 aliphatic carbocycles. The van der Waals surface area contributed by atoms with Crippen molar-refractivity contribution in [2.75, 3.05) is 71.4 Å². The number of aryl methyl sites for hydroxylation is 5. The molecule has 6 heteroatoms. The normalized spacial score (nSPS) is 7.83. The molecule has 0 unspecified atom stereocenters. The number of ether oxygens (including phenoxy) is 2. The van der Waals surface area contributed by atoms with Gasteiger partial charge in [0.15, 0.2) is 0 Å². The van der Waals surface area contributed by atoms with Crippen LogP contribution in [0.5, 0.6) is 5.75 Å². The summed E-state index contributed by atoms with van der Waals surface area (Å²) < 4.78 is 9.16. The Bertz CT molecular complexity index is 1270. The average molecular weight is 894 g/mol. The van der Waals surface area contributed by atoms with Crippen molar-refractivity contribution in [3.63, 3.8) is 0 Å². The van der Waals surface area contributed by atoms with Gasteiger partial charge in [0, 0.05) is 14.2 Å². The number of thioether (sulfide) groups is 4. The summed E-state index contributed by atoms with van der Waals surface area (Å²) in [5, 5.41) is 0. The van der Waals surface area contributed by atoms with Crippen LogP contribution in [0.25, 0.3) is 0 Å². The third-order valence-electron chi connectivity index (χ3n) is 5.68. The maximum atomic E-state index is 4.91. The standard InChI is InChI=1S/C7H8O.5C7H8.C2H6O.4C2H6S.C2H6/c1-8-7-5-3-2-4-6-7;5*1-7-5-3-2-4-6-7;5*1-3-2;1-2/h2-6H,1H3;5*2-6H,1H3;5*1-2H3;1-2H3. The summed E-state index contributed by atoms with van der Waals surface area (Å²) in [6, 6.07) is 61.0. The highest BCUT2D eigenvalue weighted by Crippen LogP contribution is 2.05. The Hall–Kier alpha value is -3.52. The number of benzene rings is 6. The van der Waals surface area contributed by atoms with E-state index in [0.717, 1.165) is 5.75 Å². The first-order chi connectivity index (χ1) is 29.0. The van der Waals surface area contributed by atoms with Crippen molar-refractivity contribution >= 4 is 47.0 Å². The fourth-order valence-electron chi connectivity index (χ4n) is 3.23. The number of methoxy groups -OCH3 is 2. The van der Waals surface area contributed by atoms with Crippen LogP contribution in [0.3, 0.4) is 0 Å². The summed E-state index contributed by atoms with van der Waals surface area (Å²) in [4.78, 5) is 0. The molecule has 0 bridgehead atoms. The first-order valence-electron chi connectivity index (χ1n) is 19.7. The lowest BCUT2D eigenvalue weighted by atomic mass is 10.2. The Morgan fingerprint density at radius 3 is 0.450 bits per heavy atom. The van der Waals surface area contributed by atoms with E-state index in [0.29, 0.717) is 0 Å². The lowest BCUT2D eigenvalue weighted by Crippen LogP contribution is -1.78. The molecular formula is C54H84O2S4. The van der Waals surface area contributed by atoms with Gasteiger partial charge in [-0.2, -0.15) is 47.0 Å². The third-order valence-corrected chi connectivity index (χ3v) is 5.68. The monoisotopic (exact) mass is 893 g/mol. The molecule has 0 fully saturated rings. The van der Waals surface area contributed by atoms with Gasteiger partial charge in [-0.15, -0.1) is 0 Å². The second-order valence-corrected chi connectivity index (χ2v) is 15.1. The molecule has 60 heavy (non-hydrogen) atoms. The smallest absolute Gasteiger partial charge is 0.118 e. The number of para-hydroxylation sites is 1. The molecule has 0 aliphatic rings. The van der Waals surface area contributed by atoms with Gasteiger partial charge in [0.1, 0.15) is 5.75 Å². The van der Waals surface area contributed by atoms with Crippen LogP contribution in [0.1, 0.15) is 41.7 Å². The van der Waals surface area contributed by atoms with E-state index in [-0.39, 0.29) is 0 Å². The van der Waals surface area contributed by atoms with Crippen molar-refractivity contribution in [3.05, 3.63) is 210 Å². The van der Waals surface area contributed by atoms with E-state index in [2.05, 4.69) is 100 Å². The Balaban J connectivity index is -0.000000136. The largest absolute Gasteiger partial charge is 0.497 e. The van der Waals surface area contributed by atoms with Crippen molar-refractivity contribution in [2.24, 2.45) is 0 Å². The summed E-state index contributed by atoms with van der Waals surface area (Å²) in [5.41, 5.74) is 6.61. The third kappa shape index (κ3) is 72.1. The van der Waals surface area contributed by atoms with Crippen LogP contribution in [0.4, 0.5) is 0 Å². The maximum absolute atomic E-state index is 4.91. The molecule has 6 aromatic rings. The highest BCUT2D eigenvalue weighted by Gasteiger charge is 1.80. The molecule has 0 saturated carbocycles. The zero-order valence-corrected chi connectivity index (χ0v) is 44.0. The highest BCUT2D eigenvalue weighted by molar-refractivity contribution is 7.98. The maximum Gasteiger partial charge on any atom is 0.118 e. The SMILES string of the molecule is CC.COC.COc1ccccc1.CSC.CSC.CSC.CSC.Cc1ccccc1.Cc1ccccc1.Cc1ccccc1.Cc1ccccc1.Cc1ccccc1. The quantitative estimate of drug-likeness (QED) is 0.163. The lowest BCUT2D eigenvalue weighted by Gasteiger charge is -1.93. The first-order valence-corrected chi connectivity index (χ1v) is 26.2. The number of rotatable bonds is 1. The molecule has 0 heterocycles. The van der Waals surface area contributed by atoms with Gasteiger partial charge in [-0.3, -0.25) is 0 Å². The molecule has 6 rings (SSSR count). The fraction of sp³-hybridized carbons (Fsp3) is 0.333. The van der Waals surface area contributed by atoms with Crippen LogP contribution in [0.2, 0.25) is 0 Å². The summed E-state index contributed by atoms with van der Waals surface area (Å²) >= 11 is 7.00. The highest BCUT2D eigenvalue weighted by atomic mass is 32.2. The Morgan fingerprint density at radius 2 is 0.383 bits per heavy atom. The Labute approximate surface area is 389 Å². The molecule has 0 radical (unpaired) electrons. The van der Waals surface area contributed by atoms with Crippen molar-refractivity contribution in [3.8, 4) is 5.75 Å². The molecule has 0 aliphatic heterocycles. The first kappa shape index (κ1) is 68.2. The molecule has 336 valence electrons. The van der Waals surface area contributed by atoms with Gasteiger partial charge in [-0.05, 0) is 96.8 Å². The Morgan fingerprint density at radius 1 is 0.267 bits per heavy atom. The molecule has 0 N–H and O–H groups in total. The van der Waals surface area contributed by atoms with Crippen LogP contribution in [-0.4, -0.2) is 71.4 Å². The lowest BCUT2D eigenvalue weighted by molar-refractivity contribution is 0.277. The molecule has 0 saturated heterocycles. The van der Waals surface area contributed by atoms with Crippen LogP contribution < -0.4 is 4.74 Å². The van der Waals surface area contributed by atoms with Gasteiger partial charge < -0.3 is 9.47 Å². The van der Waals surface area contributed by atoms with E-state index in [1.54, 1.807) is 68.4 Å². The van der Waals surface area contributed by atoms with Crippen molar-refractivity contribution in [2.45, 2.75) is 48.5 Å². The van der Waals surface area contributed by atoms with Crippen LogP contribution in [0.15, 0.2) is 182 Å². The fourth-order valence-corrected chi connectivity index (χ4v) is 3.23. The minimum Gasteiger partial charge on any atom is -0.497 e. The van der Waals surface area contributed by atoms with Gasteiger partial charge in [0.25, 0.3) is 0 Å². The molecule has 6 aromatic carbocycles. The minimum atomic E-state index is 0.910. The Kier molecular flexibility index (Phi) is 73.5. The summed E-state index contributed by atoms with van der Waals surface area (Å²) in [5.74, 6) is 0.910. The van der Waals surface area contributed by atoms with Gasteiger partial charge in [0.2, 0.25) is 0 Å². The average Bonchev–Trinajstić information content (AvgIpc) is 3.26. The summed E-state index contributed by atoms with van der Waals surface area (Å²) in [6.07, 6.45) is 16.3. The van der Waals surface area contributed by atoms with E-state index in [4.69, 9.17) is 4.74 Å². The number of hydrogen-bond donors (Lipinski definition) is 0. The molecule has 0 amide bonds. The zero-order valence-electron chi connectivity index (χ0n) is 40.8. The van der Waals surface area contributed by atoms with Crippen LogP contribution >= 0.6 is 47.0 Å². The van der Waals surface area contributed by atoms with E-state index in [1.807, 2.05) is 185 Å². The zero-order chi connectivity index (χ0) is 46.9. The van der Waals surface area contributed by atoms with Crippen molar-refractivity contribution in [1.29, 1.82) is 0 Å². The summed E-state index contributed by atoms with van der Waals surface area (Å²) in [7, 11) is 4.91. The second kappa shape index (κ2) is 64.6. The molecule has 0 aromatic heterocycles. The van der Waals surface area contributed by atoms with Crippen LogP contribution in [-0.2, 0) is 4.74 Å². The van der Waals surface area contributed by atoms with E-state index in [1.165, 1.54) is 27.8 Å². The second-order valence-electron chi connectivity index (χ2n) is 11.8. The molecule has 2 nitrogen and oxygen atoms in total. The molecule has 0 atom stereocenters. The van der Waals surface area contributed by atoms with Gasteiger partial charge in [-0.25, -0.2) is 0 Å². The minimum absolute atomic E-state index is 0.910. The summed E-state index contributed by atoms with van der Waals surface area (Å²) in [6.45, 7) is 14.4. The predicted molar refractivity (Wildman–Crippen MR) is 291 cm³/mol. The van der Waals surface area contributed by atoms with Crippen molar-refractivity contribution in [1.82, 2.24) is 0 Å². The van der Waals surface area contributed by atoms with E-state index >= 15 is 0 Å². The number of hydrogen-bond acceptors (Lipinski definition) is 6. The van der Waals surface area contributed by atoms with Gasteiger partial charge in [-0.1, -0.05) is 212 Å². The predicted octanol–water partition coefficient (Wildman–Crippen LogP) is 16.9. The van der Waals surface area contributed by atoms with E-state index < -0.39 is 0 Å². The topological polar surface area (TPSA) is 18.5 Å². The van der Waals surface area contributed by atoms with Crippen LogP contribution in [0, 0.1) is 34.6 Å².